The fourth-order valence-electron chi connectivity index (χ4n) is 1.34. The number of carbonyl (C=O) groups is 2. The van der Waals surface area contributed by atoms with Crippen LogP contribution in [0.5, 0.6) is 5.75 Å². The van der Waals surface area contributed by atoms with Crippen molar-refractivity contribution in [1.82, 2.24) is 10.3 Å². The minimum atomic E-state index is -1.10. The Bertz CT molecular complexity index is 420. The highest BCUT2D eigenvalue weighted by Crippen LogP contribution is 2.12. The van der Waals surface area contributed by atoms with Gasteiger partial charge in [0, 0.05) is 6.20 Å². The van der Waals surface area contributed by atoms with E-state index < -0.39 is 17.9 Å². The summed E-state index contributed by atoms with van der Waals surface area (Å²) in [7, 11) is 0. The molecule has 1 rings (SSSR count). The quantitative estimate of drug-likeness (QED) is 0.703. The smallest absolute Gasteiger partial charge is 0.326 e. The molecule has 0 aliphatic heterocycles. The maximum atomic E-state index is 11.7. The van der Waals surface area contributed by atoms with Crippen LogP contribution in [0.3, 0.4) is 0 Å². The van der Waals surface area contributed by atoms with Crippen molar-refractivity contribution in [2.24, 2.45) is 0 Å². The summed E-state index contributed by atoms with van der Waals surface area (Å²) in [4.78, 5) is 26.2. The van der Waals surface area contributed by atoms with Gasteiger partial charge in [-0.05, 0) is 18.6 Å². The predicted octanol–water partition coefficient (Wildman–Crippen LogP) is 0.770. The van der Waals surface area contributed by atoms with E-state index in [-0.39, 0.29) is 11.4 Å². The fraction of sp³-hybridized carbons (Fsp3) is 0.364. The number of hydrogen-bond acceptors (Lipinski definition) is 4. The van der Waals surface area contributed by atoms with E-state index in [1.54, 1.807) is 0 Å². The Morgan fingerprint density at radius 1 is 1.53 bits per heavy atom. The molecule has 1 aromatic heterocycles. The lowest BCUT2D eigenvalue weighted by atomic mass is 10.1. The van der Waals surface area contributed by atoms with E-state index in [0.717, 1.165) is 0 Å². The second kappa shape index (κ2) is 5.83. The summed E-state index contributed by atoms with van der Waals surface area (Å²) in [6.07, 6.45) is 2.31. The van der Waals surface area contributed by atoms with Crippen LogP contribution in [0, 0.1) is 0 Å². The number of amides is 1. The van der Waals surface area contributed by atoms with E-state index in [1.165, 1.54) is 18.3 Å². The molecule has 17 heavy (non-hydrogen) atoms. The van der Waals surface area contributed by atoms with Crippen molar-refractivity contribution in [1.29, 1.82) is 0 Å². The lowest BCUT2D eigenvalue weighted by Crippen LogP contribution is -2.40. The first kappa shape index (κ1) is 13.0. The van der Waals surface area contributed by atoms with Crippen LogP contribution in [0.2, 0.25) is 0 Å². The molecule has 0 saturated heterocycles. The molecule has 1 unspecified atom stereocenters. The number of rotatable bonds is 5. The van der Waals surface area contributed by atoms with Crippen molar-refractivity contribution < 1.29 is 19.8 Å². The number of carboxylic acids is 1. The highest BCUT2D eigenvalue weighted by molar-refractivity contribution is 5.96. The third kappa shape index (κ3) is 3.44. The normalized spacial score (nSPS) is 11.8. The Labute approximate surface area is 98.3 Å². The molecule has 6 heteroatoms. The van der Waals surface area contributed by atoms with E-state index in [2.05, 4.69) is 10.3 Å². The number of nitrogens with one attached hydrogen (secondary N) is 1. The molecule has 1 aromatic rings. The molecule has 0 aromatic carbocycles. The molecule has 0 aliphatic rings. The first-order valence-electron chi connectivity index (χ1n) is 5.24. The van der Waals surface area contributed by atoms with Gasteiger partial charge in [0.15, 0.2) is 5.69 Å². The molecule has 0 bridgehead atoms. The topological polar surface area (TPSA) is 99.5 Å². The Balaban J connectivity index is 2.77. The first-order valence-corrected chi connectivity index (χ1v) is 5.24. The predicted molar refractivity (Wildman–Crippen MR) is 59.7 cm³/mol. The van der Waals surface area contributed by atoms with Crippen LogP contribution >= 0.6 is 0 Å². The molecule has 0 spiro atoms. The molecular weight excluding hydrogens is 224 g/mol. The summed E-state index contributed by atoms with van der Waals surface area (Å²) in [5.41, 5.74) is -0.171. The second-order valence-electron chi connectivity index (χ2n) is 3.52. The van der Waals surface area contributed by atoms with Crippen LogP contribution in [-0.4, -0.2) is 33.1 Å². The number of hydrogen-bond donors (Lipinski definition) is 3. The van der Waals surface area contributed by atoms with Crippen molar-refractivity contribution in [3.8, 4) is 5.75 Å². The Kier molecular flexibility index (Phi) is 4.45. The van der Waals surface area contributed by atoms with Crippen molar-refractivity contribution in [3.63, 3.8) is 0 Å². The van der Waals surface area contributed by atoms with Gasteiger partial charge in [-0.2, -0.15) is 0 Å². The molecule has 3 N–H and O–H groups in total. The Morgan fingerprint density at radius 2 is 2.24 bits per heavy atom. The summed E-state index contributed by atoms with van der Waals surface area (Å²) in [5, 5.41) is 20.6. The number of aromatic nitrogens is 1. The minimum Gasteiger partial charge on any atom is -0.505 e. The van der Waals surface area contributed by atoms with Gasteiger partial charge in [-0.3, -0.25) is 4.79 Å². The molecule has 6 nitrogen and oxygen atoms in total. The molecule has 0 aliphatic carbocycles. The number of pyridine rings is 1. The van der Waals surface area contributed by atoms with Crippen LogP contribution in [0.1, 0.15) is 30.3 Å². The van der Waals surface area contributed by atoms with E-state index in [0.29, 0.717) is 12.8 Å². The standard InChI is InChI=1S/C11H14N2O4/c1-2-4-7(11(16)17)13-10(15)9-8(14)5-3-6-12-9/h3,5-7,14H,2,4H2,1H3,(H,13,15)(H,16,17). The highest BCUT2D eigenvalue weighted by Gasteiger charge is 2.21. The summed E-state index contributed by atoms with van der Waals surface area (Å²) in [6.45, 7) is 1.82. The fourth-order valence-corrected chi connectivity index (χ4v) is 1.34. The van der Waals surface area contributed by atoms with E-state index in [9.17, 15) is 14.7 Å². The van der Waals surface area contributed by atoms with Crippen molar-refractivity contribution >= 4 is 11.9 Å². The lowest BCUT2D eigenvalue weighted by molar-refractivity contribution is -0.139. The first-order chi connectivity index (χ1) is 8.06. The molecular formula is C11H14N2O4. The van der Waals surface area contributed by atoms with Crippen LogP contribution < -0.4 is 5.32 Å². The molecule has 1 heterocycles. The summed E-state index contributed by atoms with van der Waals surface area (Å²) in [6, 6.07) is 1.83. The lowest BCUT2D eigenvalue weighted by Gasteiger charge is -2.13. The monoisotopic (exact) mass is 238 g/mol. The number of nitrogens with zero attached hydrogens (tertiary/aromatic N) is 1. The van der Waals surface area contributed by atoms with Gasteiger partial charge < -0.3 is 15.5 Å². The number of carbonyl (C=O) groups excluding carboxylic acids is 1. The summed E-state index contributed by atoms with van der Waals surface area (Å²) < 4.78 is 0. The zero-order valence-electron chi connectivity index (χ0n) is 9.38. The van der Waals surface area contributed by atoms with E-state index in [4.69, 9.17) is 5.11 Å². The number of carboxylic acid groups (broad SMARTS) is 1. The van der Waals surface area contributed by atoms with Gasteiger partial charge in [0.2, 0.25) is 0 Å². The molecule has 0 saturated carbocycles. The average Bonchev–Trinajstić information content (AvgIpc) is 2.28. The largest absolute Gasteiger partial charge is 0.505 e. The molecule has 1 atom stereocenters. The van der Waals surface area contributed by atoms with Gasteiger partial charge in [-0.25, -0.2) is 9.78 Å². The van der Waals surface area contributed by atoms with Crippen LogP contribution in [0.4, 0.5) is 0 Å². The van der Waals surface area contributed by atoms with Gasteiger partial charge in [0.1, 0.15) is 11.8 Å². The average molecular weight is 238 g/mol. The number of aliphatic carboxylic acids is 1. The third-order valence-corrected chi connectivity index (χ3v) is 2.18. The molecule has 1 amide bonds. The zero-order chi connectivity index (χ0) is 12.8. The van der Waals surface area contributed by atoms with Crippen molar-refractivity contribution in [3.05, 3.63) is 24.0 Å². The molecule has 0 fully saturated rings. The van der Waals surface area contributed by atoms with Gasteiger partial charge in [0.25, 0.3) is 5.91 Å². The zero-order valence-corrected chi connectivity index (χ0v) is 9.38. The molecule has 92 valence electrons. The van der Waals surface area contributed by atoms with Gasteiger partial charge in [-0.1, -0.05) is 13.3 Å². The SMILES string of the molecule is CCCC(NC(=O)c1ncccc1O)C(=O)O. The van der Waals surface area contributed by atoms with Crippen molar-refractivity contribution in [2.45, 2.75) is 25.8 Å². The third-order valence-electron chi connectivity index (χ3n) is 2.18. The molecule has 0 radical (unpaired) electrons. The Morgan fingerprint density at radius 3 is 2.76 bits per heavy atom. The summed E-state index contributed by atoms with van der Waals surface area (Å²) in [5.74, 6) is -2.06. The van der Waals surface area contributed by atoms with E-state index in [1.807, 2.05) is 6.92 Å². The minimum absolute atomic E-state index is 0.171. The van der Waals surface area contributed by atoms with Gasteiger partial charge in [0.05, 0.1) is 0 Å². The van der Waals surface area contributed by atoms with Gasteiger partial charge >= 0.3 is 5.97 Å². The highest BCUT2D eigenvalue weighted by atomic mass is 16.4. The van der Waals surface area contributed by atoms with Crippen LogP contribution in [-0.2, 0) is 4.79 Å². The maximum Gasteiger partial charge on any atom is 0.326 e. The van der Waals surface area contributed by atoms with E-state index >= 15 is 0 Å². The van der Waals surface area contributed by atoms with Crippen molar-refractivity contribution in [2.75, 3.05) is 0 Å². The Hall–Kier alpha value is -2.11. The van der Waals surface area contributed by atoms with Crippen LogP contribution in [0.15, 0.2) is 18.3 Å². The van der Waals surface area contributed by atoms with Gasteiger partial charge in [-0.15, -0.1) is 0 Å². The van der Waals surface area contributed by atoms with Crippen LogP contribution in [0.25, 0.3) is 0 Å². The second-order valence-corrected chi connectivity index (χ2v) is 3.52. The number of aromatic hydroxyl groups is 1. The summed E-state index contributed by atoms with van der Waals surface area (Å²) >= 11 is 0. The maximum absolute atomic E-state index is 11.7.